The van der Waals surface area contributed by atoms with Gasteiger partial charge in [-0.2, -0.15) is 0 Å². The highest BCUT2D eigenvalue weighted by molar-refractivity contribution is 6.00. The van der Waals surface area contributed by atoms with Gasteiger partial charge in [-0.25, -0.2) is 0 Å². The van der Waals surface area contributed by atoms with Crippen molar-refractivity contribution in [2.45, 2.75) is 46.0 Å². The Morgan fingerprint density at radius 1 is 1.17 bits per heavy atom. The van der Waals surface area contributed by atoms with Crippen LogP contribution in [0.15, 0.2) is 18.2 Å². The molecule has 23 heavy (non-hydrogen) atoms. The Labute approximate surface area is 138 Å². The zero-order chi connectivity index (χ0) is 16.4. The summed E-state index contributed by atoms with van der Waals surface area (Å²) in [4.78, 5) is 26.9. The van der Waals surface area contributed by atoms with Gasteiger partial charge in [0, 0.05) is 18.8 Å². The number of anilines is 1. The molecule has 2 atom stereocenters. The molecule has 1 aliphatic carbocycles. The lowest BCUT2D eigenvalue weighted by atomic mass is 10.1. The number of hydrogen-bond donors (Lipinski definition) is 1. The van der Waals surface area contributed by atoms with Crippen LogP contribution in [0.5, 0.6) is 0 Å². The Balaban J connectivity index is 1.61. The van der Waals surface area contributed by atoms with E-state index in [0.717, 1.165) is 49.2 Å². The van der Waals surface area contributed by atoms with Gasteiger partial charge in [-0.05, 0) is 50.2 Å². The van der Waals surface area contributed by atoms with Gasteiger partial charge in [0.15, 0.2) is 0 Å². The molecule has 4 heteroatoms. The number of nitrogens with zero attached hydrogens (tertiary/aromatic N) is 1. The van der Waals surface area contributed by atoms with E-state index < -0.39 is 0 Å². The van der Waals surface area contributed by atoms with Crippen LogP contribution in [0.4, 0.5) is 5.69 Å². The normalized spacial score (nSPS) is 23.5. The summed E-state index contributed by atoms with van der Waals surface area (Å²) in [6, 6.07) is 6.08. The molecular weight excluding hydrogens is 288 g/mol. The van der Waals surface area contributed by atoms with Crippen LogP contribution in [0, 0.1) is 18.8 Å². The SMILES string of the molecule is CCc1cccc(C)c1NC(=O)C1CC1C(=O)N1CCCCC1. The van der Waals surface area contributed by atoms with E-state index in [9.17, 15) is 9.59 Å². The second kappa shape index (κ2) is 6.73. The van der Waals surface area contributed by atoms with Crippen molar-refractivity contribution < 1.29 is 9.59 Å². The average Bonchev–Trinajstić information content (AvgIpc) is 3.37. The lowest BCUT2D eigenvalue weighted by Gasteiger charge is -2.26. The third kappa shape index (κ3) is 3.41. The molecule has 1 aromatic rings. The summed E-state index contributed by atoms with van der Waals surface area (Å²) >= 11 is 0. The van der Waals surface area contributed by atoms with Crippen molar-refractivity contribution in [2.24, 2.45) is 11.8 Å². The zero-order valence-corrected chi connectivity index (χ0v) is 14.1. The number of amides is 2. The summed E-state index contributed by atoms with van der Waals surface area (Å²) in [6.07, 6.45) is 4.99. The van der Waals surface area contributed by atoms with Gasteiger partial charge in [0.05, 0.1) is 11.8 Å². The van der Waals surface area contributed by atoms with E-state index in [0.29, 0.717) is 6.42 Å². The summed E-state index contributed by atoms with van der Waals surface area (Å²) in [5, 5.41) is 3.07. The summed E-state index contributed by atoms with van der Waals surface area (Å²) in [6.45, 7) is 5.82. The van der Waals surface area contributed by atoms with Gasteiger partial charge in [0.1, 0.15) is 0 Å². The molecule has 0 aromatic heterocycles. The molecule has 1 saturated carbocycles. The van der Waals surface area contributed by atoms with Crippen LogP contribution in [0.1, 0.15) is 43.7 Å². The molecule has 0 radical (unpaired) electrons. The molecule has 1 aliphatic heterocycles. The Bertz CT molecular complexity index is 605. The highest BCUT2D eigenvalue weighted by Crippen LogP contribution is 2.41. The molecule has 0 bridgehead atoms. The number of likely N-dealkylation sites (tertiary alicyclic amines) is 1. The summed E-state index contributed by atoms with van der Waals surface area (Å²) in [7, 11) is 0. The monoisotopic (exact) mass is 314 g/mol. The predicted octanol–water partition coefficient (Wildman–Crippen LogP) is 3.14. The Hall–Kier alpha value is -1.84. The molecule has 3 rings (SSSR count). The van der Waals surface area contributed by atoms with E-state index in [2.05, 4.69) is 12.2 Å². The van der Waals surface area contributed by atoms with Crippen molar-refractivity contribution in [1.82, 2.24) is 4.90 Å². The smallest absolute Gasteiger partial charge is 0.228 e. The number of aryl methyl sites for hydroxylation is 2. The number of hydrogen-bond acceptors (Lipinski definition) is 2. The number of nitrogens with one attached hydrogen (secondary N) is 1. The van der Waals surface area contributed by atoms with E-state index in [-0.39, 0.29) is 23.7 Å². The highest BCUT2D eigenvalue weighted by Gasteiger charge is 2.49. The molecule has 124 valence electrons. The van der Waals surface area contributed by atoms with E-state index in [4.69, 9.17) is 0 Å². The molecule has 1 N–H and O–H groups in total. The molecule has 2 aliphatic rings. The Morgan fingerprint density at radius 2 is 1.91 bits per heavy atom. The molecule has 2 amide bonds. The molecule has 1 saturated heterocycles. The fraction of sp³-hybridized carbons (Fsp3) is 0.579. The van der Waals surface area contributed by atoms with Crippen LogP contribution < -0.4 is 5.32 Å². The molecule has 1 aromatic carbocycles. The van der Waals surface area contributed by atoms with Crippen LogP contribution in [0.2, 0.25) is 0 Å². The van der Waals surface area contributed by atoms with E-state index >= 15 is 0 Å². The van der Waals surface area contributed by atoms with Gasteiger partial charge in [0.2, 0.25) is 11.8 Å². The fourth-order valence-corrected chi connectivity index (χ4v) is 3.52. The lowest BCUT2D eigenvalue weighted by molar-refractivity contribution is -0.134. The topological polar surface area (TPSA) is 49.4 Å². The third-order valence-electron chi connectivity index (χ3n) is 5.10. The molecule has 2 unspecified atom stereocenters. The number of carbonyl (C=O) groups is 2. The van der Waals surface area contributed by atoms with Crippen molar-refractivity contribution in [3.63, 3.8) is 0 Å². The second-order valence-corrected chi connectivity index (χ2v) is 6.79. The van der Waals surface area contributed by atoms with Gasteiger partial charge in [-0.1, -0.05) is 25.1 Å². The van der Waals surface area contributed by atoms with Crippen molar-refractivity contribution in [3.8, 4) is 0 Å². The van der Waals surface area contributed by atoms with Gasteiger partial charge in [0.25, 0.3) is 0 Å². The maximum atomic E-state index is 12.5. The first-order valence-electron chi connectivity index (χ1n) is 8.80. The largest absolute Gasteiger partial charge is 0.342 e. The van der Waals surface area contributed by atoms with E-state index in [1.165, 1.54) is 6.42 Å². The van der Waals surface area contributed by atoms with Crippen molar-refractivity contribution in [1.29, 1.82) is 0 Å². The first kappa shape index (κ1) is 16.0. The van der Waals surface area contributed by atoms with Crippen molar-refractivity contribution in [3.05, 3.63) is 29.3 Å². The minimum Gasteiger partial charge on any atom is -0.342 e. The van der Waals surface area contributed by atoms with Gasteiger partial charge < -0.3 is 10.2 Å². The number of rotatable bonds is 4. The maximum Gasteiger partial charge on any atom is 0.228 e. The minimum absolute atomic E-state index is 0.00404. The molecule has 4 nitrogen and oxygen atoms in total. The van der Waals surface area contributed by atoms with Gasteiger partial charge in [-0.15, -0.1) is 0 Å². The van der Waals surface area contributed by atoms with Crippen LogP contribution in [-0.2, 0) is 16.0 Å². The quantitative estimate of drug-likeness (QED) is 0.928. The summed E-state index contributed by atoms with van der Waals surface area (Å²) in [5.41, 5.74) is 3.16. The standard InChI is InChI=1S/C19H26N2O2/c1-3-14-9-7-8-13(2)17(14)20-18(22)15-12-16(15)19(23)21-10-5-4-6-11-21/h7-9,15-16H,3-6,10-12H2,1-2H3,(H,20,22). The van der Waals surface area contributed by atoms with Crippen molar-refractivity contribution in [2.75, 3.05) is 18.4 Å². The summed E-state index contributed by atoms with van der Waals surface area (Å²) < 4.78 is 0. The third-order valence-corrected chi connectivity index (χ3v) is 5.10. The average molecular weight is 314 g/mol. The number of para-hydroxylation sites is 1. The molecule has 2 fully saturated rings. The minimum atomic E-state index is -0.145. The molecule has 0 spiro atoms. The summed E-state index contributed by atoms with van der Waals surface area (Å²) in [5.74, 6) is -0.0503. The maximum absolute atomic E-state index is 12.5. The van der Waals surface area contributed by atoms with E-state index in [1.807, 2.05) is 30.0 Å². The van der Waals surface area contributed by atoms with Crippen molar-refractivity contribution >= 4 is 17.5 Å². The van der Waals surface area contributed by atoms with E-state index in [1.54, 1.807) is 0 Å². The first-order chi connectivity index (χ1) is 11.1. The lowest BCUT2D eigenvalue weighted by Crippen LogP contribution is -2.37. The highest BCUT2D eigenvalue weighted by atomic mass is 16.2. The second-order valence-electron chi connectivity index (χ2n) is 6.79. The number of benzene rings is 1. The molecular formula is C19H26N2O2. The molecule has 1 heterocycles. The van der Waals surface area contributed by atoms with Gasteiger partial charge >= 0.3 is 0 Å². The number of piperidine rings is 1. The Kier molecular flexibility index (Phi) is 4.69. The van der Waals surface area contributed by atoms with Crippen LogP contribution >= 0.6 is 0 Å². The first-order valence-corrected chi connectivity index (χ1v) is 8.80. The number of carbonyl (C=O) groups excluding carboxylic acids is 2. The predicted molar refractivity (Wildman–Crippen MR) is 91.2 cm³/mol. The van der Waals surface area contributed by atoms with Crippen LogP contribution in [-0.4, -0.2) is 29.8 Å². The van der Waals surface area contributed by atoms with Crippen LogP contribution in [0.3, 0.4) is 0 Å². The zero-order valence-electron chi connectivity index (χ0n) is 14.1. The van der Waals surface area contributed by atoms with Crippen LogP contribution in [0.25, 0.3) is 0 Å². The van der Waals surface area contributed by atoms with Gasteiger partial charge in [-0.3, -0.25) is 9.59 Å². The Morgan fingerprint density at radius 3 is 2.61 bits per heavy atom. The fourth-order valence-electron chi connectivity index (χ4n) is 3.52.